The Bertz CT molecular complexity index is 877. The van der Waals surface area contributed by atoms with Crippen molar-refractivity contribution in [1.29, 1.82) is 0 Å². The Labute approximate surface area is 171 Å². The molecule has 0 heterocycles. The molecule has 0 bridgehead atoms. The van der Waals surface area contributed by atoms with E-state index in [0.717, 1.165) is 20.0 Å². The third kappa shape index (κ3) is 6.40. The number of amides is 1. The monoisotopic (exact) mass is 425 g/mol. The molecule has 0 spiro atoms. The molecular formula is C21H22F3NO5. The van der Waals surface area contributed by atoms with E-state index < -0.39 is 18.2 Å². The van der Waals surface area contributed by atoms with E-state index in [9.17, 15) is 22.8 Å². The van der Waals surface area contributed by atoms with Gasteiger partial charge in [-0.2, -0.15) is 0 Å². The van der Waals surface area contributed by atoms with Crippen LogP contribution in [-0.2, 0) is 14.3 Å². The zero-order valence-electron chi connectivity index (χ0n) is 16.7. The molecule has 0 atom stereocenters. The van der Waals surface area contributed by atoms with Gasteiger partial charge in [0.05, 0.1) is 13.2 Å². The molecule has 0 saturated heterocycles. The van der Waals surface area contributed by atoms with Crippen molar-refractivity contribution in [3.8, 4) is 22.6 Å². The number of benzene rings is 2. The third-order valence-corrected chi connectivity index (χ3v) is 4.21. The van der Waals surface area contributed by atoms with Crippen molar-refractivity contribution < 1.29 is 37.0 Å². The van der Waals surface area contributed by atoms with Gasteiger partial charge < -0.3 is 19.5 Å². The lowest BCUT2D eigenvalue weighted by atomic mass is 10.0. The van der Waals surface area contributed by atoms with E-state index in [2.05, 4.69) is 14.8 Å². The summed E-state index contributed by atoms with van der Waals surface area (Å²) >= 11 is 0. The summed E-state index contributed by atoms with van der Waals surface area (Å²) < 4.78 is 51.5. The second-order valence-corrected chi connectivity index (χ2v) is 6.29. The van der Waals surface area contributed by atoms with Crippen molar-refractivity contribution in [3.63, 3.8) is 0 Å². The normalized spacial score (nSPS) is 11.2. The SMILES string of the molecule is CCC(CC)Oc1ccc(NC(=O)C(=O)OC)cc1-c1ccc(OC(F)(F)F)cc1. The molecule has 6 nitrogen and oxygen atoms in total. The largest absolute Gasteiger partial charge is 0.573 e. The van der Waals surface area contributed by atoms with Crippen LogP contribution in [0, 0.1) is 0 Å². The molecule has 9 heteroatoms. The van der Waals surface area contributed by atoms with Crippen LogP contribution in [0.1, 0.15) is 26.7 Å². The van der Waals surface area contributed by atoms with Gasteiger partial charge in [-0.1, -0.05) is 26.0 Å². The van der Waals surface area contributed by atoms with Gasteiger partial charge in [0.25, 0.3) is 0 Å². The Kier molecular flexibility index (Phi) is 7.68. The highest BCUT2D eigenvalue weighted by molar-refractivity contribution is 6.37. The lowest BCUT2D eigenvalue weighted by molar-refractivity contribution is -0.274. The first kappa shape index (κ1) is 23.1. The van der Waals surface area contributed by atoms with Crippen molar-refractivity contribution in [2.24, 2.45) is 0 Å². The first-order chi connectivity index (χ1) is 14.2. The Morgan fingerprint density at radius 1 is 1.03 bits per heavy atom. The molecule has 0 aliphatic carbocycles. The van der Waals surface area contributed by atoms with E-state index in [1.54, 1.807) is 18.2 Å². The summed E-state index contributed by atoms with van der Waals surface area (Å²) in [5.41, 5.74) is 1.37. The van der Waals surface area contributed by atoms with Gasteiger partial charge in [-0.05, 0) is 48.7 Å². The zero-order valence-corrected chi connectivity index (χ0v) is 16.7. The van der Waals surface area contributed by atoms with Crippen molar-refractivity contribution in [2.45, 2.75) is 39.2 Å². The summed E-state index contributed by atoms with van der Waals surface area (Å²) in [6.45, 7) is 3.95. The molecule has 2 aromatic carbocycles. The number of carbonyl (C=O) groups excluding carboxylic acids is 2. The molecule has 0 fully saturated rings. The van der Waals surface area contributed by atoms with Crippen LogP contribution in [0.15, 0.2) is 42.5 Å². The first-order valence-electron chi connectivity index (χ1n) is 9.23. The maximum Gasteiger partial charge on any atom is 0.573 e. The number of alkyl halides is 3. The van der Waals surface area contributed by atoms with E-state index in [1.807, 2.05) is 13.8 Å². The summed E-state index contributed by atoms with van der Waals surface area (Å²) in [5.74, 6) is -1.87. The molecule has 1 N–H and O–H groups in total. The molecule has 2 rings (SSSR count). The summed E-state index contributed by atoms with van der Waals surface area (Å²) in [7, 11) is 1.09. The molecule has 0 aliphatic heterocycles. The van der Waals surface area contributed by atoms with Gasteiger partial charge in [-0.3, -0.25) is 4.79 Å². The van der Waals surface area contributed by atoms with E-state index in [1.165, 1.54) is 24.3 Å². The Morgan fingerprint density at radius 2 is 1.67 bits per heavy atom. The van der Waals surface area contributed by atoms with E-state index >= 15 is 0 Å². The minimum Gasteiger partial charge on any atom is -0.490 e. The number of rotatable bonds is 7. The van der Waals surface area contributed by atoms with Gasteiger partial charge in [0, 0.05) is 11.3 Å². The number of halogens is 3. The third-order valence-electron chi connectivity index (χ3n) is 4.21. The second-order valence-electron chi connectivity index (χ2n) is 6.29. The number of methoxy groups -OCH3 is 1. The summed E-state index contributed by atoms with van der Waals surface area (Å²) in [6.07, 6.45) is -3.33. The van der Waals surface area contributed by atoms with Gasteiger partial charge in [-0.15, -0.1) is 13.2 Å². The fraction of sp³-hybridized carbons (Fsp3) is 0.333. The number of nitrogens with one attached hydrogen (secondary N) is 1. The zero-order chi connectivity index (χ0) is 22.3. The van der Waals surface area contributed by atoms with Crippen molar-refractivity contribution in [2.75, 3.05) is 12.4 Å². The highest BCUT2D eigenvalue weighted by atomic mass is 19.4. The van der Waals surface area contributed by atoms with Gasteiger partial charge in [0.1, 0.15) is 11.5 Å². The maximum atomic E-state index is 12.4. The second kappa shape index (κ2) is 10.00. The molecule has 162 valence electrons. The van der Waals surface area contributed by atoms with Gasteiger partial charge in [-0.25, -0.2) is 4.79 Å². The predicted molar refractivity (Wildman–Crippen MR) is 104 cm³/mol. The van der Waals surface area contributed by atoms with Crippen molar-refractivity contribution in [1.82, 2.24) is 0 Å². The Morgan fingerprint density at radius 3 is 2.20 bits per heavy atom. The fourth-order valence-electron chi connectivity index (χ4n) is 2.68. The smallest absolute Gasteiger partial charge is 0.490 e. The minimum absolute atomic E-state index is 0.0629. The standard InChI is InChI=1S/C21H22F3NO5/c1-4-15(5-2)29-18-11-8-14(25-19(26)20(27)28-3)12-17(18)13-6-9-16(10-7-13)30-21(22,23)24/h6-12,15H,4-5H2,1-3H3,(H,25,26). The number of carbonyl (C=O) groups is 2. The van der Waals surface area contributed by atoms with Crippen LogP contribution in [0.2, 0.25) is 0 Å². The molecule has 0 saturated carbocycles. The molecule has 0 aromatic heterocycles. The van der Waals surface area contributed by atoms with Gasteiger partial charge in [0.2, 0.25) is 0 Å². The molecule has 2 aromatic rings. The summed E-state index contributed by atoms with van der Waals surface area (Å²) in [5, 5.41) is 2.41. The van der Waals surface area contributed by atoms with Crippen molar-refractivity contribution in [3.05, 3.63) is 42.5 Å². The van der Waals surface area contributed by atoms with E-state index in [0.29, 0.717) is 22.6 Å². The average Bonchev–Trinajstić information content (AvgIpc) is 2.71. The van der Waals surface area contributed by atoms with Crippen LogP contribution in [-0.4, -0.2) is 31.5 Å². The maximum absolute atomic E-state index is 12.4. The number of ether oxygens (including phenoxy) is 3. The van der Waals surface area contributed by atoms with Crippen LogP contribution in [0.4, 0.5) is 18.9 Å². The highest BCUT2D eigenvalue weighted by Gasteiger charge is 2.31. The quantitative estimate of drug-likeness (QED) is 0.503. The predicted octanol–water partition coefficient (Wildman–Crippen LogP) is 4.93. The molecule has 0 radical (unpaired) electrons. The molecule has 0 aliphatic rings. The van der Waals surface area contributed by atoms with Crippen LogP contribution in [0.25, 0.3) is 11.1 Å². The van der Waals surface area contributed by atoms with Gasteiger partial charge in [0.15, 0.2) is 0 Å². The Hall–Kier alpha value is -3.23. The van der Waals surface area contributed by atoms with E-state index in [4.69, 9.17) is 4.74 Å². The lowest BCUT2D eigenvalue weighted by Crippen LogP contribution is -2.23. The van der Waals surface area contributed by atoms with Crippen LogP contribution in [0.3, 0.4) is 0 Å². The summed E-state index contributed by atoms with van der Waals surface area (Å²) in [4.78, 5) is 23.1. The van der Waals surface area contributed by atoms with Crippen LogP contribution < -0.4 is 14.8 Å². The number of hydrogen-bond donors (Lipinski definition) is 1. The molecule has 30 heavy (non-hydrogen) atoms. The van der Waals surface area contributed by atoms with Crippen molar-refractivity contribution >= 4 is 17.6 Å². The molecule has 1 amide bonds. The molecule has 0 unspecified atom stereocenters. The van der Waals surface area contributed by atoms with Crippen LogP contribution >= 0.6 is 0 Å². The highest BCUT2D eigenvalue weighted by Crippen LogP contribution is 2.35. The number of hydrogen-bond acceptors (Lipinski definition) is 5. The topological polar surface area (TPSA) is 73.9 Å². The van der Waals surface area contributed by atoms with E-state index in [-0.39, 0.29) is 11.9 Å². The molecular weight excluding hydrogens is 403 g/mol. The summed E-state index contributed by atoms with van der Waals surface area (Å²) in [6, 6.07) is 10.0. The average molecular weight is 425 g/mol. The minimum atomic E-state index is -4.79. The first-order valence-corrected chi connectivity index (χ1v) is 9.23. The van der Waals surface area contributed by atoms with Gasteiger partial charge >= 0.3 is 18.2 Å². The fourth-order valence-corrected chi connectivity index (χ4v) is 2.68. The number of anilines is 1. The Balaban J connectivity index is 2.40. The lowest BCUT2D eigenvalue weighted by Gasteiger charge is -2.20. The van der Waals surface area contributed by atoms with Crippen LogP contribution in [0.5, 0.6) is 11.5 Å². The number of esters is 1.